The van der Waals surface area contributed by atoms with Gasteiger partial charge in [0.1, 0.15) is 0 Å². The Labute approximate surface area is 129 Å². The predicted molar refractivity (Wildman–Crippen MR) is 88.7 cm³/mol. The largest absolute Gasteiger partial charge is 0.383 e. The van der Waals surface area contributed by atoms with Crippen LogP contribution in [0.25, 0.3) is 0 Å². The number of benzene rings is 1. The van der Waals surface area contributed by atoms with E-state index < -0.39 is 0 Å². The molecule has 3 unspecified atom stereocenters. The molecule has 118 valence electrons. The van der Waals surface area contributed by atoms with E-state index in [1.54, 1.807) is 7.11 Å². The molecule has 3 atom stereocenters. The van der Waals surface area contributed by atoms with Crippen molar-refractivity contribution in [3.63, 3.8) is 0 Å². The number of hydrogen-bond donors (Lipinski definition) is 1. The third-order valence-electron chi connectivity index (χ3n) is 4.93. The Morgan fingerprint density at radius 3 is 2.81 bits per heavy atom. The molecule has 1 aromatic carbocycles. The number of nitrogens with one attached hydrogen (secondary N) is 1. The molecule has 0 spiro atoms. The van der Waals surface area contributed by atoms with Crippen LogP contribution < -0.4 is 5.32 Å². The van der Waals surface area contributed by atoms with Gasteiger partial charge in [-0.1, -0.05) is 31.2 Å². The average Bonchev–Trinajstić information content (AvgIpc) is 2.54. The normalized spacial score (nSPS) is 23.1. The van der Waals surface area contributed by atoms with Gasteiger partial charge in [-0.25, -0.2) is 0 Å². The minimum absolute atomic E-state index is 0.417. The Morgan fingerprint density at radius 1 is 1.38 bits per heavy atom. The van der Waals surface area contributed by atoms with E-state index in [0.29, 0.717) is 18.1 Å². The van der Waals surface area contributed by atoms with Gasteiger partial charge in [0, 0.05) is 31.8 Å². The van der Waals surface area contributed by atoms with Crippen LogP contribution in [-0.2, 0) is 11.2 Å². The highest BCUT2D eigenvalue weighted by atomic mass is 16.5. The summed E-state index contributed by atoms with van der Waals surface area (Å²) >= 11 is 0. The maximum Gasteiger partial charge on any atom is 0.0589 e. The maximum absolute atomic E-state index is 5.33. The Balaban J connectivity index is 2.24. The molecule has 21 heavy (non-hydrogen) atoms. The molecule has 0 amide bonds. The van der Waals surface area contributed by atoms with Gasteiger partial charge in [-0.05, 0) is 44.4 Å². The molecule has 0 saturated carbocycles. The Kier molecular flexibility index (Phi) is 6.22. The second-order valence-corrected chi connectivity index (χ2v) is 6.06. The highest BCUT2D eigenvalue weighted by Crippen LogP contribution is 2.33. The van der Waals surface area contributed by atoms with E-state index >= 15 is 0 Å². The topological polar surface area (TPSA) is 24.5 Å². The molecule has 1 aliphatic carbocycles. The van der Waals surface area contributed by atoms with Crippen molar-refractivity contribution in [1.82, 2.24) is 10.2 Å². The lowest BCUT2D eigenvalue weighted by Crippen LogP contribution is -2.51. The summed E-state index contributed by atoms with van der Waals surface area (Å²) in [5.74, 6) is 0. The Hall–Kier alpha value is -0.900. The van der Waals surface area contributed by atoms with E-state index in [1.807, 2.05) is 0 Å². The SMILES string of the molecule is CCC(C)N(CCOC)C1CCc2ccccc2C1NC. The first-order valence-electron chi connectivity index (χ1n) is 8.22. The number of likely N-dealkylation sites (N-methyl/N-ethyl adjacent to an activating group) is 1. The van der Waals surface area contributed by atoms with Crippen LogP contribution in [0.15, 0.2) is 24.3 Å². The van der Waals surface area contributed by atoms with Gasteiger partial charge in [0.2, 0.25) is 0 Å². The summed E-state index contributed by atoms with van der Waals surface area (Å²) in [5, 5.41) is 3.56. The minimum atomic E-state index is 0.417. The average molecular weight is 290 g/mol. The van der Waals surface area contributed by atoms with Gasteiger partial charge in [0.15, 0.2) is 0 Å². The molecule has 0 heterocycles. The van der Waals surface area contributed by atoms with Crippen LogP contribution >= 0.6 is 0 Å². The number of hydrogen-bond acceptors (Lipinski definition) is 3. The lowest BCUT2D eigenvalue weighted by atomic mass is 9.82. The van der Waals surface area contributed by atoms with Crippen LogP contribution in [0.2, 0.25) is 0 Å². The van der Waals surface area contributed by atoms with Crippen LogP contribution in [0.4, 0.5) is 0 Å². The molecule has 3 nitrogen and oxygen atoms in total. The van der Waals surface area contributed by atoms with Crippen molar-refractivity contribution in [3.05, 3.63) is 35.4 Å². The van der Waals surface area contributed by atoms with Crippen molar-refractivity contribution < 1.29 is 4.74 Å². The quantitative estimate of drug-likeness (QED) is 0.835. The number of fused-ring (bicyclic) bond motifs is 1. The summed E-state index contributed by atoms with van der Waals surface area (Å²) < 4.78 is 5.33. The van der Waals surface area contributed by atoms with Gasteiger partial charge in [0.05, 0.1) is 6.61 Å². The molecule has 0 fully saturated rings. The van der Waals surface area contributed by atoms with Gasteiger partial charge in [-0.3, -0.25) is 4.90 Å². The van der Waals surface area contributed by atoms with E-state index in [-0.39, 0.29) is 0 Å². The minimum Gasteiger partial charge on any atom is -0.383 e. The fraction of sp³-hybridized carbons (Fsp3) is 0.667. The molecule has 0 aliphatic heterocycles. The molecule has 1 N–H and O–H groups in total. The Morgan fingerprint density at radius 2 is 2.14 bits per heavy atom. The van der Waals surface area contributed by atoms with E-state index in [2.05, 4.69) is 55.4 Å². The van der Waals surface area contributed by atoms with E-state index in [0.717, 1.165) is 13.2 Å². The first kappa shape index (κ1) is 16.5. The number of nitrogens with zero attached hydrogens (tertiary/aromatic N) is 1. The zero-order valence-electron chi connectivity index (χ0n) is 13.9. The van der Waals surface area contributed by atoms with Gasteiger partial charge in [-0.15, -0.1) is 0 Å². The van der Waals surface area contributed by atoms with Gasteiger partial charge < -0.3 is 10.1 Å². The molecule has 2 rings (SSSR count). The van der Waals surface area contributed by atoms with Crippen molar-refractivity contribution in [2.75, 3.05) is 27.3 Å². The second kappa shape index (κ2) is 7.92. The first-order valence-corrected chi connectivity index (χ1v) is 8.22. The van der Waals surface area contributed by atoms with Crippen LogP contribution in [0, 0.1) is 0 Å². The number of methoxy groups -OCH3 is 1. The van der Waals surface area contributed by atoms with Crippen LogP contribution in [0.1, 0.15) is 43.9 Å². The molecular formula is C18H30N2O. The zero-order chi connectivity index (χ0) is 15.2. The van der Waals surface area contributed by atoms with Crippen molar-refractivity contribution in [1.29, 1.82) is 0 Å². The summed E-state index contributed by atoms with van der Waals surface area (Å²) in [4.78, 5) is 2.64. The molecule has 0 bridgehead atoms. The molecule has 1 aliphatic rings. The van der Waals surface area contributed by atoms with Crippen molar-refractivity contribution in [3.8, 4) is 0 Å². The summed E-state index contributed by atoms with van der Waals surface area (Å²) in [6.45, 7) is 6.42. The smallest absolute Gasteiger partial charge is 0.0589 e. The third-order valence-corrected chi connectivity index (χ3v) is 4.93. The molecule has 1 aromatic rings. The fourth-order valence-electron chi connectivity index (χ4n) is 3.59. The van der Waals surface area contributed by atoms with Crippen LogP contribution in [0.5, 0.6) is 0 Å². The number of rotatable bonds is 7. The van der Waals surface area contributed by atoms with Gasteiger partial charge in [-0.2, -0.15) is 0 Å². The summed E-state index contributed by atoms with van der Waals surface area (Å²) in [5.41, 5.74) is 2.98. The number of ether oxygens (including phenoxy) is 1. The van der Waals surface area contributed by atoms with Crippen molar-refractivity contribution in [2.45, 2.75) is 51.2 Å². The van der Waals surface area contributed by atoms with Crippen molar-refractivity contribution >= 4 is 0 Å². The third kappa shape index (κ3) is 3.65. The standard InChI is InChI=1S/C18H30N2O/c1-5-14(2)20(12-13-21-4)17-11-10-15-8-6-7-9-16(15)18(17)19-3/h6-9,14,17-19H,5,10-13H2,1-4H3. The van der Waals surface area contributed by atoms with Gasteiger partial charge in [0.25, 0.3) is 0 Å². The van der Waals surface area contributed by atoms with Crippen LogP contribution in [-0.4, -0.2) is 44.3 Å². The number of aryl methyl sites for hydroxylation is 1. The Bertz CT molecular complexity index is 435. The zero-order valence-corrected chi connectivity index (χ0v) is 13.9. The van der Waals surface area contributed by atoms with Crippen molar-refractivity contribution in [2.24, 2.45) is 0 Å². The molecule has 0 radical (unpaired) electrons. The summed E-state index contributed by atoms with van der Waals surface area (Å²) in [7, 11) is 3.88. The lowest BCUT2D eigenvalue weighted by Gasteiger charge is -2.43. The van der Waals surface area contributed by atoms with Crippen LogP contribution in [0.3, 0.4) is 0 Å². The van der Waals surface area contributed by atoms with E-state index in [1.165, 1.54) is 30.4 Å². The molecule has 0 aromatic heterocycles. The summed E-state index contributed by atoms with van der Waals surface area (Å²) in [6.07, 6.45) is 3.58. The molecular weight excluding hydrogens is 260 g/mol. The highest BCUT2D eigenvalue weighted by molar-refractivity contribution is 5.34. The monoisotopic (exact) mass is 290 g/mol. The van der Waals surface area contributed by atoms with E-state index in [9.17, 15) is 0 Å². The fourth-order valence-corrected chi connectivity index (χ4v) is 3.59. The first-order chi connectivity index (χ1) is 10.2. The summed E-state index contributed by atoms with van der Waals surface area (Å²) in [6, 6.07) is 10.4. The molecule has 0 saturated heterocycles. The predicted octanol–water partition coefficient (Wildman–Crippen LogP) is 3.01. The lowest BCUT2D eigenvalue weighted by molar-refractivity contribution is 0.0638. The second-order valence-electron chi connectivity index (χ2n) is 6.06. The highest BCUT2D eigenvalue weighted by Gasteiger charge is 2.33. The van der Waals surface area contributed by atoms with E-state index in [4.69, 9.17) is 4.74 Å². The van der Waals surface area contributed by atoms with Gasteiger partial charge >= 0.3 is 0 Å². The maximum atomic E-state index is 5.33. The molecule has 3 heteroatoms.